The number of fused-ring (bicyclic) bond motifs is 1. The number of pyridine rings is 1. The molecule has 2 N–H and O–H groups in total. The molecule has 2 rings (SSSR count). The Morgan fingerprint density at radius 1 is 1.22 bits per heavy atom. The van der Waals surface area contributed by atoms with Gasteiger partial charge in [-0.25, -0.2) is 0 Å². The van der Waals surface area contributed by atoms with E-state index in [-0.39, 0.29) is 6.10 Å². The van der Waals surface area contributed by atoms with Gasteiger partial charge in [0.25, 0.3) is 0 Å². The first-order chi connectivity index (χ1) is 8.81. The highest BCUT2D eigenvalue weighted by molar-refractivity contribution is 5.84. The van der Waals surface area contributed by atoms with Crippen LogP contribution in [0.1, 0.15) is 6.92 Å². The van der Waals surface area contributed by atoms with Crippen molar-refractivity contribution in [3.05, 3.63) is 36.5 Å². The van der Waals surface area contributed by atoms with Crippen LogP contribution in [0.3, 0.4) is 0 Å². The number of benzene rings is 1. The van der Waals surface area contributed by atoms with E-state index in [1.165, 1.54) is 0 Å². The fourth-order valence-electron chi connectivity index (χ4n) is 1.67. The lowest BCUT2D eigenvalue weighted by atomic mass is 10.2. The molecule has 0 radical (unpaired) electrons. The topological polar surface area (TPSA) is 57.4 Å². The molecule has 1 atom stereocenters. The maximum Gasteiger partial charge on any atom is 0.128 e. The van der Waals surface area contributed by atoms with E-state index >= 15 is 0 Å². The number of nitrogens with zero attached hydrogens (tertiary/aromatic N) is 1. The Hall–Kier alpha value is -1.65. The molecule has 4 heteroatoms. The van der Waals surface area contributed by atoms with Crippen molar-refractivity contribution in [1.29, 1.82) is 0 Å². The largest absolute Gasteiger partial charge is 0.490 e. The van der Waals surface area contributed by atoms with Gasteiger partial charge < -0.3 is 15.2 Å². The third-order valence-electron chi connectivity index (χ3n) is 2.68. The second-order valence-electron chi connectivity index (χ2n) is 4.09. The van der Waals surface area contributed by atoms with E-state index in [1.807, 2.05) is 37.3 Å². The van der Waals surface area contributed by atoms with Crippen LogP contribution in [-0.2, 0) is 4.74 Å². The van der Waals surface area contributed by atoms with Crippen molar-refractivity contribution in [2.45, 2.75) is 13.0 Å². The van der Waals surface area contributed by atoms with E-state index in [9.17, 15) is 0 Å². The van der Waals surface area contributed by atoms with Crippen molar-refractivity contribution in [3.8, 4) is 5.75 Å². The number of aromatic nitrogens is 1. The molecule has 4 nitrogen and oxygen atoms in total. The summed E-state index contributed by atoms with van der Waals surface area (Å²) < 4.78 is 11.2. The van der Waals surface area contributed by atoms with Crippen molar-refractivity contribution in [2.75, 3.05) is 19.8 Å². The fourth-order valence-corrected chi connectivity index (χ4v) is 1.67. The number of hydrogen-bond acceptors (Lipinski definition) is 4. The lowest BCUT2D eigenvalue weighted by Gasteiger charge is -2.12. The third kappa shape index (κ3) is 3.18. The van der Waals surface area contributed by atoms with Crippen molar-refractivity contribution in [3.63, 3.8) is 0 Å². The number of nitrogens with two attached hydrogens (primary N) is 1. The summed E-state index contributed by atoms with van der Waals surface area (Å²) in [7, 11) is 0. The molecular weight excluding hydrogens is 228 g/mol. The van der Waals surface area contributed by atoms with Gasteiger partial charge in [0.1, 0.15) is 12.4 Å². The molecule has 18 heavy (non-hydrogen) atoms. The highest BCUT2D eigenvalue weighted by atomic mass is 16.5. The molecule has 1 aromatic heterocycles. The molecule has 0 amide bonds. The Bertz CT molecular complexity index is 497. The maximum atomic E-state index is 5.71. The van der Waals surface area contributed by atoms with E-state index in [1.54, 1.807) is 6.20 Å². The Kier molecular flexibility index (Phi) is 4.50. The van der Waals surface area contributed by atoms with Crippen LogP contribution >= 0.6 is 0 Å². The predicted molar refractivity (Wildman–Crippen MR) is 71.7 cm³/mol. The molecule has 1 unspecified atom stereocenters. The standard InChI is InChI=1S/C14H18N2O2/c1-11(10-15)17-8-9-18-14-6-2-5-13-12(14)4-3-7-16-13/h2-7,11H,8-10,15H2,1H3. The summed E-state index contributed by atoms with van der Waals surface area (Å²) in [6.45, 7) is 3.52. The number of rotatable bonds is 6. The van der Waals surface area contributed by atoms with Crippen LogP contribution in [0.25, 0.3) is 10.9 Å². The van der Waals surface area contributed by atoms with Gasteiger partial charge in [0.15, 0.2) is 0 Å². The van der Waals surface area contributed by atoms with Crippen molar-refractivity contribution < 1.29 is 9.47 Å². The van der Waals surface area contributed by atoms with Crippen LogP contribution in [0.15, 0.2) is 36.5 Å². The summed E-state index contributed by atoms with van der Waals surface area (Å²) in [5.41, 5.74) is 6.40. The van der Waals surface area contributed by atoms with Crippen LogP contribution in [0.5, 0.6) is 5.75 Å². The normalized spacial score (nSPS) is 12.6. The molecule has 1 heterocycles. The highest BCUT2D eigenvalue weighted by Crippen LogP contribution is 2.23. The summed E-state index contributed by atoms with van der Waals surface area (Å²) in [6.07, 6.45) is 1.85. The van der Waals surface area contributed by atoms with E-state index in [4.69, 9.17) is 15.2 Å². The van der Waals surface area contributed by atoms with E-state index < -0.39 is 0 Å². The molecule has 96 valence electrons. The Labute approximate surface area is 107 Å². The van der Waals surface area contributed by atoms with Crippen LogP contribution in [-0.4, -0.2) is 30.8 Å². The molecule has 0 spiro atoms. The van der Waals surface area contributed by atoms with E-state index in [2.05, 4.69) is 4.98 Å². The minimum atomic E-state index is 0.0720. The van der Waals surface area contributed by atoms with Crippen LogP contribution < -0.4 is 10.5 Å². The Morgan fingerprint density at radius 3 is 2.94 bits per heavy atom. The minimum absolute atomic E-state index is 0.0720. The van der Waals surface area contributed by atoms with Crippen LogP contribution in [0, 0.1) is 0 Å². The zero-order valence-corrected chi connectivity index (χ0v) is 10.5. The quantitative estimate of drug-likeness (QED) is 0.792. The van der Waals surface area contributed by atoms with Gasteiger partial charge >= 0.3 is 0 Å². The zero-order chi connectivity index (χ0) is 12.8. The molecule has 0 aliphatic carbocycles. The number of ether oxygens (including phenoxy) is 2. The molecular formula is C14H18N2O2. The molecule has 0 saturated heterocycles. The maximum absolute atomic E-state index is 5.71. The molecule has 0 bridgehead atoms. The van der Waals surface area contributed by atoms with Crippen LogP contribution in [0.2, 0.25) is 0 Å². The first-order valence-electron chi connectivity index (χ1n) is 6.09. The van der Waals surface area contributed by atoms with Gasteiger partial charge in [-0.2, -0.15) is 0 Å². The SMILES string of the molecule is CC(CN)OCCOc1cccc2ncccc12. The first-order valence-corrected chi connectivity index (χ1v) is 6.09. The zero-order valence-electron chi connectivity index (χ0n) is 10.5. The fraction of sp³-hybridized carbons (Fsp3) is 0.357. The molecule has 1 aromatic carbocycles. The van der Waals surface area contributed by atoms with Gasteiger partial charge in [-0.05, 0) is 31.2 Å². The predicted octanol–water partition coefficient (Wildman–Crippen LogP) is 1.98. The van der Waals surface area contributed by atoms with Crippen LogP contribution in [0.4, 0.5) is 0 Å². The third-order valence-corrected chi connectivity index (χ3v) is 2.68. The van der Waals surface area contributed by atoms with Crippen molar-refractivity contribution in [2.24, 2.45) is 5.73 Å². The Balaban J connectivity index is 1.95. The lowest BCUT2D eigenvalue weighted by Crippen LogP contribution is -2.22. The second-order valence-corrected chi connectivity index (χ2v) is 4.09. The minimum Gasteiger partial charge on any atom is -0.490 e. The van der Waals surface area contributed by atoms with E-state index in [0.717, 1.165) is 16.7 Å². The molecule has 0 saturated carbocycles. The average molecular weight is 246 g/mol. The molecule has 0 fully saturated rings. The lowest BCUT2D eigenvalue weighted by molar-refractivity contribution is 0.0499. The van der Waals surface area contributed by atoms with Crippen molar-refractivity contribution in [1.82, 2.24) is 4.98 Å². The first kappa shape index (κ1) is 12.8. The van der Waals surface area contributed by atoms with Crippen molar-refractivity contribution >= 4 is 10.9 Å². The molecule has 2 aromatic rings. The second kappa shape index (κ2) is 6.33. The Morgan fingerprint density at radius 2 is 2.11 bits per heavy atom. The summed E-state index contributed by atoms with van der Waals surface area (Å²) in [6, 6.07) is 9.75. The molecule has 0 aliphatic heterocycles. The average Bonchev–Trinajstić information content (AvgIpc) is 2.43. The van der Waals surface area contributed by atoms with Gasteiger partial charge in [-0.1, -0.05) is 6.07 Å². The molecule has 0 aliphatic rings. The van der Waals surface area contributed by atoms with Gasteiger partial charge in [0.05, 0.1) is 18.2 Å². The number of hydrogen-bond donors (Lipinski definition) is 1. The summed E-state index contributed by atoms with van der Waals surface area (Å²) in [5.74, 6) is 0.838. The monoisotopic (exact) mass is 246 g/mol. The summed E-state index contributed by atoms with van der Waals surface area (Å²) >= 11 is 0. The smallest absolute Gasteiger partial charge is 0.128 e. The van der Waals surface area contributed by atoms with E-state index in [0.29, 0.717) is 19.8 Å². The van der Waals surface area contributed by atoms with Gasteiger partial charge in [0.2, 0.25) is 0 Å². The highest BCUT2D eigenvalue weighted by Gasteiger charge is 2.02. The summed E-state index contributed by atoms with van der Waals surface area (Å²) in [4.78, 5) is 4.28. The summed E-state index contributed by atoms with van der Waals surface area (Å²) in [5, 5.41) is 1.02. The van der Waals surface area contributed by atoms with Gasteiger partial charge in [-0.15, -0.1) is 0 Å². The van der Waals surface area contributed by atoms with Gasteiger partial charge in [0, 0.05) is 18.1 Å². The van der Waals surface area contributed by atoms with Gasteiger partial charge in [-0.3, -0.25) is 4.98 Å².